The molecule has 0 radical (unpaired) electrons. The summed E-state index contributed by atoms with van der Waals surface area (Å²) in [4.78, 5) is 15.6. The molecule has 100 valence electrons. The van der Waals surface area contributed by atoms with Crippen LogP contribution in [-0.4, -0.2) is 30.6 Å². The van der Waals surface area contributed by atoms with Gasteiger partial charge in [-0.15, -0.1) is 0 Å². The minimum absolute atomic E-state index is 0.181. The highest BCUT2D eigenvalue weighted by molar-refractivity contribution is 5.75. The second kappa shape index (κ2) is 7.82. The van der Waals surface area contributed by atoms with Gasteiger partial charge in [0.25, 0.3) is 0 Å². The molecule has 0 unspecified atom stereocenters. The molecule has 0 aliphatic rings. The Hall–Kier alpha value is -1.42. The van der Waals surface area contributed by atoms with Crippen LogP contribution in [0.15, 0.2) is 24.5 Å². The van der Waals surface area contributed by atoms with Crippen LogP contribution in [0.1, 0.15) is 25.8 Å². The van der Waals surface area contributed by atoms with Crippen molar-refractivity contribution in [3.8, 4) is 0 Å². The van der Waals surface area contributed by atoms with Gasteiger partial charge in [-0.1, -0.05) is 20.3 Å². The predicted octanol–water partition coefficient (Wildman–Crippen LogP) is 1.80. The minimum Gasteiger partial charge on any atom is -0.468 e. The number of pyridine rings is 1. The van der Waals surface area contributed by atoms with Gasteiger partial charge in [-0.2, -0.15) is 0 Å². The number of nitrogens with one attached hydrogen (secondary N) is 1. The molecule has 1 N–H and O–H groups in total. The highest BCUT2D eigenvalue weighted by Gasteiger charge is 2.23. The Bertz CT molecular complexity index is 354. The second-order valence-electron chi connectivity index (χ2n) is 4.45. The van der Waals surface area contributed by atoms with Crippen LogP contribution < -0.4 is 5.32 Å². The van der Waals surface area contributed by atoms with Crippen LogP contribution in [-0.2, 0) is 16.0 Å². The van der Waals surface area contributed by atoms with Crippen LogP contribution in [0.4, 0.5) is 0 Å². The molecule has 0 aliphatic heterocycles. The van der Waals surface area contributed by atoms with Gasteiger partial charge in [0, 0.05) is 12.4 Å². The van der Waals surface area contributed by atoms with Gasteiger partial charge in [-0.3, -0.25) is 9.78 Å². The third-order valence-electron chi connectivity index (χ3n) is 3.20. The molecule has 0 spiro atoms. The summed E-state index contributed by atoms with van der Waals surface area (Å²) in [5, 5.41) is 3.27. The van der Waals surface area contributed by atoms with E-state index in [2.05, 4.69) is 24.1 Å². The van der Waals surface area contributed by atoms with Gasteiger partial charge in [-0.25, -0.2) is 0 Å². The van der Waals surface area contributed by atoms with E-state index in [1.165, 1.54) is 12.7 Å². The molecule has 1 heterocycles. The Labute approximate surface area is 109 Å². The molecule has 0 aromatic carbocycles. The third-order valence-corrected chi connectivity index (χ3v) is 3.20. The number of aromatic nitrogens is 1. The number of esters is 1. The van der Waals surface area contributed by atoms with E-state index >= 15 is 0 Å². The molecule has 0 bridgehead atoms. The molecule has 2 atom stereocenters. The van der Waals surface area contributed by atoms with Crippen molar-refractivity contribution < 1.29 is 9.53 Å². The highest BCUT2D eigenvalue weighted by Crippen LogP contribution is 2.09. The zero-order valence-corrected chi connectivity index (χ0v) is 11.3. The second-order valence-corrected chi connectivity index (χ2v) is 4.45. The fourth-order valence-electron chi connectivity index (χ4n) is 1.80. The maximum atomic E-state index is 11.7. The molecule has 1 aromatic heterocycles. The number of methoxy groups -OCH3 is 1. The minimum atomic E-state index is -0.221. The Morgan fingerprint density at radius 3 is 2.67 bits per heavy atom. The van der Waals surface area contributed by atoms with Crippen LogP contribution in [0, 0.1) is 5.92 Å². The Morgan fingerprint density at radius 1 is 1.44 bits per heavy atom. The first-order valence-corrected chi connectivity index (χ1v) is 6.39. The van der Waals surface area contributed by atoms with E-state index < -0.39 is 0 Å². The first-order valence-electron chi connectivity index (χ1n) is 6.39. The van der Waals surface area contributed by atoms with Crippen molar-refractivity contribution in [1.29, 1.82) is 0 Å². The summed E-state index contributed by atoms with van der Waals surface area (Å²) in [6, 6.07) is 3.75. The summed E-state index contributed by atoms with van der Waals surface area (Å²) < 4.78 is 4.83. The summed E-state index contributed by atoms with van der Waals surface area (Å²) in [6.45, 7) is 4.89. The van der Waals surface area contributed by atoms with Gasteiger partial charge in [0.05, 0.1) is 7.11 Å². The average molecular weight is 250 g/mol. The van der Waals surface area contributed by atoms with Crippen LogP contribution in [0.3, 0.4) is 0 Å². The normalized spacial score (nSPS) is 13.9. The molecular weight excluding hydrogens is 228 g/mol. The standard InChI is InChI=1S/C14H22N2O2/c1-4-11(2)13(14(17)18-3)16-10-7-12-5-8-15-9-6-12/h5-6,8-9,11,13,16H,4,7,10H2,1-3H3/t11-,13-/m0/s1. The summed E-state index contributed by atoms with van der Waals surface area (Å²) in [7, 11) is 1.43. The lowest BCUT2D eigenvalue weighted by Gasteiger charge is -2.21. The average Bonchev–Trinajstić information content (AvgIpc) is 2.43. The smallest absolute Gasteiger partial charge is 0.323 e. The first kappa shape index (κ1) is 14.6. The quantitative estimate of drug-likeness (QED) is 0.750. The zero-order valence-electron chi connectivity index (χ0n) is 11.3. The molecule has 1 aromatic rings. The fraction of sp³-hybridized carbons (Fsp3) is 0.571. The topological polar surface area (TPSA) is 51.2 Å². The van der Waals surface area contributed by atoms with Gasteiger partial charge in [0.1, 0.15) is 6.04 Å². The largest absolute Gasteiger partial charge is 0.468 e. The number of hydrogen-bond donors (Lipinski definition) is 1. The van der Waals surface area contributed by atoms with E-state index in [0.717, 1.165) is 19.4 Å². The lowest BCUT2D eigenvalue weighted by atomic mass is 9.99. The molecule has 18 heavy (non-hydrogen) atoms. The van der Waals surface area contributed by atoms with Gasteiger partial charge in [-0.05, 0) is 36.6 Å². The van der Waals surface area contributed by atoms with Gasteiger partial charge >= 0.3 is 5.97 Å². The van der Waals surface area contributed by atoms with Crippen molar-refractivity contribution in [2.45, 2.75) is 32.7 Å². The number of carbonyl (C=O) groups excluding carboxylic acids is 1. The van der Waals surface area contributed by atoms with Crippen LogP contribution in [0.2, 0.25) is 0 Å². The summed E-state index contributed by atoms with van der Waals surface area (Å²) in [5.74, 6) is 0.0916. The Morgan fingerprint density at radius 2 is 2.11 bits per heavy atom. The zero-order chi connectivity index (χ0) is 13.4. The van der Waals surface area contributed by atoms with E-state index in [-0.39, 0.29) is 17.9 Å². The van der Waals surface area contributed by atoms with E-state index in [9.17, 15) is 4.79 Å². The van der Waals surface area contributed by atoms with Crippen molar-refractivity contribution in [3.05, 3.63) is 30.1 Å². The number of rotatable bonds is 7. The molecule has 0 fully saturated rings. The summed E-state index contributed by atoms with van der Waals surface area (Å²) in [5.41, 5.74) is 1.21. The van der Waals surface area contributed by atoms with Crippen molar-refractivity contribution in [3.63, 3.8) is 0 Å². The molecule has 4 nitrogen and oxygen atoms in total. The fourth-order valence-corrected chi connectivity index (χ4v) is 1.80. The lowest BCUT2D eigenvalue weighted by molar-refractivity contribution is -0.144. The van der Waals surface area contributed by atoms with Gasteiger partial charge < -0.3 is 10.1 Å². The number of carbonyl (C=O) groups is 1. The number of ether oxygens (including phenoxy) is 1. The molecule has 4 heteroatoms. The monoisotopic (exact) mass is 250 g/mol. The summed E-state index contributed by atoms with van der Waals surface area (Å²) in [6.07, 6.45) is 5.39. The lowest BCUT2D eigenvalue weighted by Crippen LogP contribution is -2.43. The van der Waals surface area contributed by atoms with Crippen LogP contribution in [0.25, 0.3) is 0 Å². The number of nitrogens with zero attached hydrogens (tertiary/aromatic N) is 1. The molecule has 0 amide bonds. The van der Waals surface area contributed by atoms with Crippen LogP contribution >= 0.6 is 0 Å². The van der Waals surface area contributed by atoms with Crippen molar-refractivity contribution in [1.82, 2.24) is 10.3 Å². The molecule has 0 saturated heterocycles. The molecule has 0 saturated carbocycles. The summed E-state index contributed by atoms with van der Waals surface area (Å²) >= 11 is 0. The maximum Gasteiger partial charge on any atom is 0.323 e. The van der Waals surface area contributed by atoms with E-state index in [1.807, 2.05) is 12.1 Å². The molecule has 0 aliphatic carbocycles. The van der Waals surface area contributed by atoms with Crippen molar-refractivity contribution in [2.24, 2.45) is 5.92 Å². The molecular formula is C14H22N2O2. The number of hydrogen-bond acceptors (Lipinski definition) is 4. The van der Waals surface area contributed by atoms with Crippen LogP contribution in [0.5, 0.6) is 0 Å². The van der Waals surface area contributed by atoms with Gasteiger partial charge in [0.15, 0.2) is 0 Å². The Kier molecular flexibility index (Phi) is 6.36. The van der Waals surface area contributed by atoms with E-state index in [1.54, 1.807) is 12.4 Å². The van der Waals surface area contributed by atoms with Gasteiger partial charge in [0.2, 0.25) is 0 Å². The Balaban J connectivity index is 2.45. The predicted molar refractivity (Wildman–Crippen MR) is 71.2 cm³/mol. The maximum absolute atomic E-state index is 11.7. The first-order chi connectivity index (χ1) is 8.69. The van der Waals surface area contributed by atoms with E-state index in [0.29, 0.717) is 0 Å². The van der Waals surface area contributed by atoms with Crippen molar-refractivity contribution in [2.75, 3.05) is 13.7 Å². The van der Waals surface area contributed by atoms with E-state index in [4.69, 9.17) is 4.74 Å². The third kappa shape index (κ3) is 4.45. The van der Waals surface area contributed by atoms with Crippen molar-refractivity contribution >= 4 is 5.97 Å². The molecule has 1 rings (SSSR count). The highest BCUT2D eigenvalue weighted by atomic mass is 16.5. The SMILES string of the molecule is CC[C@H](C)[C@H](NCCc1ccncc1)C(=O)OC.